The topological polar surface area (TPSA) is 26.3 Å². The lowest BCUT2D eigenvalue weighted by Gasteiger charge is -2.62. The van der Waals surface area contributed by atoms with Crippen molar-refractivity contribution < 1.29 is 18.3 Å². The Morgan fingerprint density at radius 3 is 2.46 bits per heavy atom. The van der Waals surface area contributed by atoms with Crippen molar-refractivity contribution in [1.82, 2.24) is 0 Å². The maximum Gasteiger partial charge on any atom is 0.308 e. The number of hydrogen-bond acceptors (Lipinski definition) is 2. The van der Waals surface area contributed by atoms with Gasteiger partial charge in [-0.2, -0.15) is 0 Å². The zero-order valence-electron chi connectivity index (χ0n) is 18.1. The molecule has 4 saturated carbocycles. The van der Waals surface area contributed by atoms with E-state index in [1.54, 1.807) is 0 Å². The van der Waals surface area contributed by atoms with Crippen molar-refractivity contribution in [3.63, 3.8) is 0 Å². The van der Waals surface area contributed by atoms with E-state index in [0.29, 0.717) is 5.92 Å². The largest absolute Gasteiger partial charge is 0.469 e. The molecular formula is C24H38F2O2. The lowest BCUT2D eigenvalue weighted by Crippen LogP contribution is -2.60. The highest BCUT2D eigenvalue weighted by molar-refractivity contribution is 5.71. The number of rotatable bonds is 3. The summed E-state index contributed by atoms with van der Waals surface area (Å²) in [6.45, 7) is 6.54. The minimum atomic E-state index is -2.53. The lowest BCUT2D eigenvalue weighted by atomic mass is 9.44. The van der Waals surface area contributed by atoms with E-state index in [0.717, 1.165) is 51.4 Å². The number of carbonyl (C=O) groups is 1. The van der Waals surface area contributed by atoms with Gasteiger partial charge in [-0.05, 0) is 79.4 Å². The van der Waals surface area contributed by atoms with Gasteiger partial charge in [0.25, 0.3) is 5.92 Å². The molecule has 4 aliphatic carbocycles. The summed E-state index contributed by atoms with van der Waals surface area (Å²) >= 11 is 0. The monoisotopic (exact) mass is 396 g/mol. The van der Waals surface area contributed by atoms with Crippen molar-refractivity contribution in [2.75, 3.05) is 7.11 Å². The molecule has 8 atom stereocenters. The Morgan fingerprint density at radius 1 is 1.04 bits per heavy atom. The molecule has 0 spiro atoms. The maximum absolute atomic E-state index is 15.6. The fourth-order valence-corrected chi connectivity index (χ4v) is 8.41. The van der Waals surface area contributed by atoms with Crippen LogP contribution >= 0.6 is 0 Å². The maximum atomic E-state index is 15.6. The van der Waals surface area contributed by atoms with Crippen LogP contribution in [0.4, 0.5) is 8.78 Å². The second-order valence-electron chi connectivity index (χ2n) is 11.1. The average molecular weight is 397 g/mol. The Kier molecular flexibility index (Phi) is 5.11. The molecule has 0 radical (unpaired) electrons. The molecule has 0 aromatic carbocycles. The van der Waals surface area contributed by atoms with E-state index in [2.05, 4.69) is 13.8 Å². The van der Waals surface area contributed by atoms with Gasteiger partial charge >= 0.3 is 5.97 Å². The Hall–Kier alpha value is -0.670. The molecule has 4 aliphatic rings. The van der Waals surface area contributed by atoms with Gasteiger partial charge < -0.3 is 4.74 Å². The molecule has 160 valence electrons. The van der Waals surface area contributed by atoms with Crippen LogP contribution in [0.3, 0.4) is 0 Å². The second-order valence-corrected chi connectivity index (χ2v) is 11.1. The zero-order chi connectivity index (χ0) is 20.3. The number of halogens is 2. The number of carbonyl (C=O) groups excluding carboxylic acids is 1. The minimum absolute atomic E-state index is 0.0509. The van der Waals surface area contributed by atoms with Gasteiger partial charge in [-0.25, -0.2) is 8.78 Å². The van der Waals surface area contributed by atoms with Crippen LogP contribution in [0.1, 0.15) is 85.0 Å². The number of hydrogen-bond donors (Lipinski definition) is 0. The van der Waals surface area contributed by atoms with Crippen molar-refractivity contribution in [3.05, 3.63) is 0 Å². The number of alkyl halides is 2. The van der Waals surface area contributed by atoms with Gasteiger partial charge in [0.15, 0.2) is 0 Å². The van der Waals surface area contributed by atoms with Gasteiger partial charge in [0.1, 0.15) is 0 Å². The standard InChI is InChI=1S/C24H38F2O2/c1-15(21(27)28-4)13-16-8-9-18-20-19(10-12-23(16,18)3)22(2)11-6-5-7-17(22)14-24(20,25)26/h15-20H,5-14H2,1-4H3. The highest BCUT2D eigenvalue weighted by Crippen LogP contribution is 2.70. The van der Waals surface area contributed by atoms with E-state index in [1.807, 2.05) is 6.92 Å². The molecule has 4 heteroatoms. The molecule has 0 aliphatic heterocycles. The Morgan fingerprint density at radius 2 is 1.75 bits per heavy atom. The van der Waals surface area contributed by atoms with E-state index < -0.39 is 11.8 Å². The molecule has 8 unspecified atom stereocenters. The van der Waals surface area contributed by atoms with Crippen molar-refractivity contribution in [3.8, 4) is 0 Å². The van der Waals surface area contributed by atoms with Crippen LogP contribution in [-0.4, -0.2) is 19.0 Å². The van der Waals surface area contributed by atoms with Gasteiger partial charge in [0, 0.05) is 12.3 Å². The van der Waals surface area contributed by atoms with E-state index in [1.165, 1.54) is 13.5 Å². The predicted molar refractivity (Wildman–Crippen MR) is 106 cm³/mol. The first-order valence-electron chi connectivity index (χ1n) is 11.6. The first-order valence-corrected chi connectivity index (χ1v) is 11.6. The number of fused-ring (bicyclic) bond motifs is 5. The molecule has 0 aromatic rings. The van der Waals surface area contributed by atoms with Crippen LogP contribution in [0.5, 0.6) is 0 Å². The number of methoxy groups -OCH3 is 1. The Balaban J connectivity index is 1.61. The zero-order valence-corrected chi connectivity index (χ0v) is 18.1. The van der Waals surface area contributed by atoms with Crippen LogP contribution < -0.4 is 0 Å². The van der Waals surface area contributed by atoms with Crippen molar-refractivity contribution in [2.45, 2.75) is 90.9 Å². The van der Waals surface area contributed by atoms with Gasteiger partial charge in [-0.1, -0.05) is 33.6 Å². The first kappa shape index (κ1) is 20.6. The lowest BCUT2D eigenvalue weighted by molar-refractivity contribution is -0.232. The molecule has 28 heavy (non-hydrogen) atoms. The second kappa shape index (κ2) is 6.94. The molecule has 4 rings (SSSR count). The van der Waals surface area contributed by atoms with Gasteiger partial charge in [0.05, 0.1) is 13.0 Å². The molecule has 0 heterocycles. The fourth-order valence-electron chi connectivity index (χ4n) is 8.41. The highest BCUT2D eigenvalue weighted by Gasteiger charge is 2.67. The van der Waals surface area contributed by atoms with Crippen molar-refractivity contribution in [1.29, 1.82) is 0 Å². The summed E-state index contributed by atoms with van der Waals surface area (Å²) in [6.07, 6.45) is 9.26. The number of ether oxygens (including phenoxy) is 1. The fraction of sp³-hybridized carbons (Fsp3) is 0.958. The van der Waals surface area contributed by atoms with Crippen LogP contribution in [0.15, 0.2) is 0 Å². The van der Waals surface area contributed by atoms with Crippen molar-refractivity contribution >= 4 is 5.97 Å². The van der Waals surface area contributed by atoms with Gasteiger partial charge in [-0.15, -0.1) is 0 Å². The Labute approximate surface area is 169 Å². The van der Waals surface area contributed by atoms with Crippen molar-refractivity contribution in [2.24, 2.45) is 46.3 Å². The predicted octanol–water partition coefficient (Wildman–Crippen LogP) is 6.48. The van der Waals surface area contributed by atoms with E-state index in [9.17, 15) is 4.79 Å². The smallest absolute Gasteiger partial charge is 0.308 e. The third-order valence-electron chi connectivity index (χ3n) is 10.0. The summed E-state index contributed by atoms with van der Waals surface area (Å²) in [7, 11) is 1.44. The van der Waals surface area contributed by atoms with Gasteiger partial charge in [-0.3, -0.25) is 4.79 Å². The molecule has 0 bridgehead atoms. The summed E-state index contributed by atoms with van der Waals surface area (Å²) in [4.78, 5) is 12.0. The summed E-state index contributed by atoms with van der Waals surface area (Å²) < 4.78 is 36.1. The normalized spacial score (nSPS) is 48.1. The van der Waals surface area contributed by atoms with E-state index in [4.69, 9.17) is 4.74 Å². The molecule has 0 N–H and O–H groups in total. The van der Waals surface area contributed by atoms with Crippen LogP contribution in [0.2, 0.25) is 0 Å². The van der Waals surface area contributed by atoms with Gasteiger partial charge in [0.2, 0.25) is 0 Å². The molecule has 0 aromatic heterocycles. The summed E-state index contributed by atoms with van der Waals surface area (Å²) in [6, 6.07) is 0. The molecule has 0 amide bonds. The molecule has 2 nitrogen and oxygen atoms in total. The third-order valence-corrected chi connectivity index (χ3v) is 10.0. The quantitative estimate of drug-likeness (QED) is 0.510. The highest BCUT2D eigenvalue weighted by atomic mass is 19.3. The average Bonchev–Trinajstić information content (AvgIpc) is 2.97. The SMILES string of the molecule is COC(=O)C(C)CC1CCC2C3C(CCC12C)C1(C)CCCCC1CC3(F)F. The summed E-state index contributed by atoms with van der Waals surface area (Å²) in [5.41, 5.74) is 0.0636. The van der Waals surface area contributed by atoms with Crippen LogP contribution in [-0.2, 0) is 9.53 Å². The number of esters is 1. The molecule has 4 fully saturated rings. The first-order chi connectivity index (χ1) is 13.1. The molecular weight excluding hydrogens is 358 g/mol. The summed E-state index contributed by atoms with van der Waals surface area (Å²) in [5, 5.41) is 0. The summed E-state index contributed by atoms with van der Waals surface area (Å²) in [5.74, 6) is -2.44. The van der Waals surface area contributed by atoms with Crippen LogP contribution in [0.25, 0.3) is 0 Å². The Bertz CT molecular complexity index is 620. The minimum Gasteiger partial charge on any atom is -0.469 e. The van der Waals surface area contributed by atoms with E-state index >= 15 is 8.78 Å². The van der Waals surface area contributed by atoms with Crippen LogP contribution in [0, 0.1) is 46.3 Å². The van der Waals surface area contributed by atoms with E-state index in [-0.39, 0.29) is 46.9 Å². The molecule has 0 saturated heterocycles. The third kappa shape index (κ3) is 2.95.